The zero-order valence-corrected chi connectivity index (χ0v) is 11.5. The lowest BCUT2D eigenvalue weighted by molar-refractivity contribution is 1.27. The van der Waals surface area contributed by atoms with Gasteiger partial charge in [-0.25, -0.2) is 0 Å². The zero-order valence-electron chi connectivity index (χ0n) is 10.5. The summed E-state index contributed by atoms with van der Waals surface area (Å²) < 4.78 is 0. The van der Waals surface area contributed by atoms with Crippen LogP contribution in [-0.2, 0) is 0 Å². The molecule has 2 rings (SSSR count). The maximum Gasteiger partial charge on any atom is 0.111 e. The highest BCUT2D eigenvalue weighted by molar-refractivity contribution is 6.96. The molecule has 0 saturated heterocycles. The Morgan fingerprint density at radius 2 is 1.88 bits per heavy atom. The summed E-state index contributed by atoms with van der Waals surface area (Å²) in [4.78, 5) is 0. The monoisotopic (exact) mass is 228 g/mol. The van der Waals surface area contributed by atoms with E-state index in [9.17, 15) is 0 Å². The first-order valence-electron chi connectivity index (χ1n) is 6.11. The molecule has 0 fully saturated rings. The van der Waals surface area contributed by atoms with Crippen LogP contribution in [0.5, 0.6) is 0 Å². The number of hydrogen-bond donors (Lipinski definition) is 0. The SMILES string of the molecule is CC[Si](C)(C1=C(C)C=CC1)c1ccccc1. The van der Waals surface area contributed by atoms with Gasteiger partial charge in [-0.2, -0.15) is 0 Å². The Bertz CT molecular complexity index is 428. The molecule has 0 N–H and O–H groups in total. The highest BCUT2D eigenvalue weighted by atomic mass is 28.3. The van der Waals surface area contributed by atoms with Gasteiger partial charge in [-0.1, -0.05) is 78.0 Å². The van der Waals surface area contributed by atoms with Crippen LogP contribution in [0.25, 0.3) is 0 Å². The Balaban J connectivity index is 2.45. The largest absolute Gasteiger partial charge is 0.111 e. The lowest BCUT2D eigenvalue weighted by Gasteiger charge is -2.29. The van der Waals surface area contributed by atoms with Gasteiger partial charge in [0.15, 0.2) is 0 Å². The molecule has 0 saturated carbocycles. The van der Waals surface area contributed by atoms with Gasteiger partial charge in [0, 0.05) is 0 Å². The average molecular weight is 228 g/mol. The molecule has 1 heteroatoms. The number of allylic oxidation sites excluding steroid dienone is 4. The second-order valence-corrected chi connectivity index (χ2v) is 9.37. The van der Waals surface area contributed by atoms with Crippen molar-refractivity contribution >= 4 is 13.3 Å². The molecule has 0 bridgehead atoms. The highest BCUT2D eigenvalue weighted by Gasteiger charge is 2.33. The third-order valence-electron chi connectivity index (χ3n) is 3.95. The van der Waals surface area contributed by atoms with Crippen molar-refractivity contribution in [3.63, 3.8) is 0 Å². The van der Waals surface area contributed by atoms with Crippen LogP contribution in [0.15, 0.2) is 53.3 Å². The Morgan fingerprint density at radius 1 is 1.19 bits per heavy atom. The van der Waals surface area contributed by atoms with Gasteiger partial charge in [0.05, 0.1) is 0 Å². The summed E-state index contributed by atoms with van der Waals surface area (Å²) in [6.07, 6.45) is 5.78. The predicted molar refractivity (Wildman–Crippen MR) is 74.6 cm³/mol. The fourth-order valence-electron chi connectivity index (χ4n) is 2.67. The standard InChI is InChI=1S/C15H20Si/c1-4-16(3,14-10-6-5-7-11-14)15-12-8-9-13(15)2/h5-11H,4,12H2,1-3H3. The molecule has 0 aromatic heterocycles. The van der Waals surface area contributed by atoms with Crippen LogP contribution in [0.2, 0.25) is 12.6 Å². The van der Waals surface area contributed by atoms with Crippen molar-refractivity contribution in [3.8, 4) is 0 Å². The summed E-state index contributed by atoms with van der Waals surface area (Å²) in [5, 5.41) is 3.30. The molecule has 1 aromatic rings. The average Bonchev–Trinajstić information content (AvgIpc) is 2.76. The van der Waals surface area contributed by atoms with Gasteiger partial charge in [0.2, 0.25) is 0 Å². The third-order valence-corrected chi connectivity index (χ3v) is 8.90. The third kappa shape index (κ3) is 1.80. The maximum absolute atomic E-state index is 2.51. The van der Waals surface area contributed by atoms with E-state index in [1.54, 1.807) is 10.4 Å². The van der Waals surface area contributed by atoms with Crippen molar-refractivity contribution in [2.75, 3.05) is 0 Å². The van der Waals surface area contributed by atoms with E-state index in [0.717, 1.165) is 0 Å². The molecule has 0 spiro atoms. The number of hydrogen-bond acceptors (Lipinski definition) is 0. The van der Waals surface area contributed by atoms with Gasteiger partial charge in [-0.05, 0) is 13.3 Å². The fourth-order valence-corrected chi connectivity index (χ4v) is 6.31. The molecule has 0 nitrogen and oxygen atoms in total. The summed E-state index contributed by atoms with van der Waals surface area (Å²) >= 11 is 0. The van der Waals surface area contributed by atoms with E-state index in [1.165, 1.54) is 18.0 Å². The molecule has 1 aliphatic carbocycles. The van der Waals surface area contributed by atoms with Crippen molar-refractivity contribution in [1.29, 1.82) is 0 Å². The maximum atomic E-state index is 2.51. The molecule has 1 aromatic carbocycles. The van der Waals surface area contributed by atoms with E-state index in [0.29, 0.717) is 0 Å². The highest BCUT2D eigenvalue weighted by Crippen LogP contribution is 2.30. The molecule has 1 aliphatic rings. The van der Waals surface area contributed by atoms with Gasteiger partial charge in [0.1, 0.15) is 8.07 Å². The van der Waals surface area contributed by atoms with Gasteiger partial charge in [-0.15, -0.1) is 0 Å². The molecular formula is C15H20Si. The Hall–Kier alpha value is -1.08. The number of benzene rings is 1. The first-order chi connectivity index (χ1) is 7.68. The first-order valence-corrected chi connectivity index (χ1v) is 8.81. The molecule has 1 unspecified atom stereocenters. The summed E-state index contributed by atoms with van der Waals surface area (Å²) in [7, 11) is -1.41. The van der Waals surface area contributed by atoms with Crippen molar-refractivity contribution in [2.24, 2.45) is 0 Å². The van der Waals surface area contributed by atoms with Gasteiger partial charge < -0.3 is 0 Å². The Labute approximate surface area is 99.7 Å². The van der Waals surface area contributed by atoms with Gasteiger partial charge >= 0.3 is 0 Å². The lowest BCUT2D eigenvalue weighted by Crippen LogP contribution is -2.46. The summed E-state index contributed by atoms with van der Waals surface area (Å²) in [6.45, 7) is 7.12. The van der Waals surface area contributed by atoms with Crippen LogP contribution < -0.4 is 5.19 Å². The van der Waals surface area contributed by atoms with E-state index in [4.69, 9.17) is 0 Å². The Morgan fingerprint density at radius 3 is 2.38 bits per heavy atom. The molecule has 16 heavy (non-hydrogen) atoms. The van der Waals surface area contributed by atoms with Gasteiger partial charge in [-0.3, -0.25) is 0 Å². The molecule has 84 valence electrons. The second kappa shape index (κ2) is 4.42. The summed E-state index contributed by atoms with van der Waals surface area (Å²) in [5.74, 6) is 0. The van der Waals surface area contributed by atoms with Crippen molar-refractivity contribution < 1.29 is 0 Å². The molecular weight excluding hydrogens is 208 g/mol. The smallest absolute Gasteiger partial charge is 0.0806 e. The molecule has 0 amide bonds. The lowest BCUT2D eigenvalue weighted by atomic mass is 10.3. The quantitative estimate of drug-likeness (QED) is 0.690. The zero-order chi connectivity index (χ0) is 11.6. The van der Waals surface area contributed by atoms with Crippen LogP contribution in [0.3, 0.4) is 0 Å². The number of rotatable bonds is 3. The van der Waals surface area contributed by atoms with Gasteiger partial charge in [0.25, 0.3) is 0 Å². The molecule has 1 atom stereocenters. The van der Waals surface area contributed by atoms with Crippen LogP contribution in [0.1, 0.15) is 20.3 Å². The minimum Gasteiger partial charge on any atom is -0.0806 e. The predicted octanol–water partition coefficient (Wildman–Crippen LogP) is 3.81. The minimum atomic E-state index is -1.41. The van der Waals surface area contributed by atoms with Crippen LogP contribution in [0.4, 0.5) is 0 Å². The Kier molecular flexibility index (Phi) is 3.15. The molecule has 0 heterocycles. The van der Waals surface area contributed by atoms with E-state index in [2.05, 4.69) is 62.9 Å². The van der Waals surface area contributed by atoms with Crippen molar-refractivity contribution in [1.82, 2.24) is 0 Å². The minimum absolute atomic E-state index is 1.18. The van der Waals surface area contributed by atoms with Crippen LogP contribution in [0, 0.1) is 0 Å². The van der Waals surface area contributed by atoms with Crippen LogP contribution in [-0.4, -0.2) is 8.07 Å². The van der Waals surface area contributed by atoms with Crippen LogP contribution >= 0.6 is 0 Å². The second-order valence-electron chi connectivity index (χ2n) is 4.82. The first kappa shape index (κ1) is 11.4. The van der Waals surface area contributed by atoms with E-state index in [-0.39, 0.29) is 0 Å². The fraction of sp³-hybridized carbons (Fsp3) is 0.333. The topological polar surface area (TPSA) is 0 Å². The molecule has 0 radical (unpaired) electrons. The summed E-state index contributed by atoms with van der Waals surface area (Å²) in [6, 6.07) is 12.4. The normalized spacial score (nSPS) is 18.9. The van der Waals surface area contributed by atoms with E-state index in [1.807, 2.05) is 0 Å². The summed E-state index contributed by atoms with van der Waals surface area (Å²) in [5.41, 5.74) is 1.51. The van der Waals surface area contributed by atoms with Crippen molar-refractivity contribution in [2.45, 2.75) is 32.9 Å². The molecule has 0 aliphatic heterocycles. The van der Waals surface area contributed by atoms with E-state index >= 15 is 0 Å². The van der Waals surface area contributed by atoms with Crippen molar-refractivity contribution in [3.05, 3.63) is 53.3 Å². The van der Waals surface area contributed by atoms with E-state index < -0.39 is 8.07 Å².